The van der Waals surface area contributed by atoms with Crippen molar-refractivity contribution in [2.24, 2.45) is 0 Å². The molecule has 1 N–H and O–H groups in total. The molecule has 0 saturated heterocycles. The molecule has 0 unspecified atom stereocenters. The third-order valence-corrected chi connectivity index (χ3v) is 11.9. The van der Waals surface area contributed by atoms with Gasteiger partial charge in [0.05, 0.1) is 5.69 Å². The molecule has 8 rings (SSSR count). The van der Waals surface area contributed by atoms with Crippen LogP contribution in [0, 0.1) is 19.2 Å². The molecule has 2 aromatic heterocycles. The Hall–Kier alpha value is -5.64. The molecule has 0 spiro atoms. The van der Waals surface area contributed by atoms with Crippen molar-refractivity contribution in [3.05, 3.63) is 175 Å². The molecule has 0 radical (unpaired) electrons. The van der Waals surface area contributed by atoms with Gasteiger partial charge >= 0.3 is 0 Å². The molecular weight excluding hydrogens is 964 g/mol. The van der Waals surface area contributed by atoms with E-state index in [1.807, 2.05) is 17.2 Å². The minimum absolute atomic E-state index is 0. The first-order valence-corrected chi connectivity index (χ1v) is 22.0. The molecule has 6 heteroatoms. The molecule has 0 aliphatic carbocycles. The van der Waals surface area contributed by atoms with E-state index in [0.717, 1.165) is 55.9 Å². The van der Waals surface area contributed by atoms with Crippen molar-refractivity contribution in [3.8, 4) is 28.4 Å². The second-order valence-electron chi connectivity index (χ2n) is 21.0. The van der Waals surface area contributed by atoms with Gasteiger partial charge in [0.15, 0.2) is 0 Å². The quantitative estimate of drug-likeness (QED) is 0.154. The van der Waals surface area contributed by atoms with Crippen LogP contribution in [0.3, 0.4) is 0 Å². The number of nitrogens with zero attached hydrogens (tertiary/aromatic N) is 3. The third-order valence-electron chi connectivity index (χ3n) is 11.9. The number of hydrogen-bond acceptors (Lipinski definition) is 4. The van der Waals surface area contributed by atoms with Crippen LogP contribution in [0.2, 0.25) is 0 Å². The van der Waals surface area contributed by atoms with Crippen molar-refractivity contribution >= 4 is 44.6 Å². The zero-order valence-corrected chi connectivity index (χ0v) is 41.7. The standard InChI is InChI=1S/C58H61N4O.Pt/c1-55(2,3)40-23-26-52(50(34-40)60-44-30-39(38-19-15-14-16-20-38)29-42(31-44)57(7,8)9)61(13)45-32-43(58(10,11)12)33-47(36-45)63-46-24-25-49-48-21-17-18-22-51(48)62(53(49)37-46)54-35-41(27-28-59-54)56(4,5)6;/h14-35,60H,13H2,1-12H3;/q-3;. The SMILES string of the molecule is [CH2-]N(c1[c-]c(Oc2[c-]c3c(cc2)c2ccccc2n3-c2cc(C(C)(C)C)ccn2)cc(C(C)(C)C)c1)c1ccc(C(C)(C)C)cc1Nc1cc(-c2ccccc2)cc(C(C)(C)C)c1.[Pt]. The smallest absolute Gasteiger partial charge is 0.135 e. The second kappa shape index (κ2) is 17.4. The van der Waals surface area contributed by atoms with E-state index in [0.29, 0.717) is 11.5 Å². The second-order valence-corrected chi connectivity index (χ2v) is 21.0. The maximum atomic E-state index is 6.79. The number of pyridine rings is 1. The molecule has 0 aliphatic rings. The number of fused-ring (bicyclic) bond motifs is 3. The van der Waals surface area contributed by atoms with Gasteiger partial charge in [-0.25, -0.2) is 4.98 Å². The van der Waals surface area contributed by atoms with Gasteiger partial charge < -0.3 is 19.5 Å². The van der Waals surface area contributed by atoms with E-state index < -0.39 is 0 Å². The van der Waals surface area contributed by atoms with E-state index in [9.17, 15) is 0 Å². The summed E-state index contributed by atoms with van der Waals surface area (Å²) in [5.74, 6) is 2.03. The van der Waals surface area contributed by atoms with Gasteiger partial charge in [-0.15, -0.1) is 47.0 Å². The Morgan fingerprint density at radius 1 is 0.562 bits per heavy atom. The first-order chi connectivity index (χ1) is 29.6. The fourth-order valence-electron chi connectivity index (χ4n) is 8.01. The molecule has 332 valence electrons. The summed E-state index contributed by atoms with van der Waals surface area (Å²) < 4.78 is 8.98. The maximum absolute atomic E-state index is 6.79. The number of ether oxygens (including phenoxy) is 1. The summed E-state index contributed by atoms with van der Waals surface area (Å²) in [6.07, 6.45) is 1.90. The largest absolute Gasteiger partial charge is 0.516 e. The van der Waals surface area contributed by atoms with E-state index in [-0.39, 0.29) is 42.7 Å². The summed E-state index contributed by atoms with van der Waals surface area (Å²) in [6.45, 7) is 26.9. The molecule has 6 aromatic carbocycles. The summed E-state index contributed by atoms with van der Waals surface area (Å²) in [5, 5.41) is 6.10. The van der Waals surface area contributed by atoms with Gasteiger partial charge in [0.1, 0.15) is 5.82 Å². The van der Waals surface area contributed by atoms with Gasteiger partial charge in [0, 0.05) is 55.7 Å². The zero-order chi connectivity index (χ0) is 45.1. The van der Waals surface area contributed by atoms with Crippen LogP contribution in [-0.4, -0.2) is 9.55 Å². The number of rotatable bonds is 8. The van der Waals surface area contributed by atoms with Gasteiger partial charge in [-0.1, -0.05) is 149 Å². The van der Waals surface area contributed by atoms with Crippen molar-refractivity contribution < 1.29 is 25.8 Å². The van der Waals surface area contributed by atoms with Crippen LogP contribution in [-0.2, 0) is 42.7 Å². The molecule has 0 amide bonds. The molecule has 0 atom stereocenters. The Morgan fingerprint density at radius 3 is 1.89 bits per heavy atom. The van der Waals surface area contributed by atoms with E-state index in [1.54, 1.807) is 0 Å². The minimum atomic E-state index is -0.189. The summed E-state index contributed by atoms with van der Waals surface area (Å²) in [5.41, 5.74) is 12.4. The van der Waals surface area contributed by atoms with Crippen molar-refractivity contribution in [2.75, 3.05) is 10.2 Å². The van der Waals surface area contributed by atoms with Crippen LogP contribution < -0.4 is 15.0 Å². The van der Waals surface area contributed by atoms with Crippen LogP contribution in [0.25, 0.3) is 38.8 Å². The van der Waals surface area contributed by atoms with E-state index in [1.165, 1.54) is 27.8 Å². The van der Waals surface area contributed by atoms with Gasteiger partial charge in [-0.2, -0.15) is 6.07 Å². The summed E-state index contributed by atoms with van der Waals surface area (Å²) in [6, 6.07) is 52.5. The number of anilines is 4. The van der Waals surface area contributed by atoms with Crippen LogP contribution in [0.15, 0.2) is 134 Å². The minimum Gasteiger partial charge on any atom is -0.516 e. The third kappa shape index (κ3) is 9.71. The van der Waals surface area contributed by atoms with Crippen molar-refractivity contribution in [2.45, 2.75) is 105 Å². The Balaban J connectivity index is 0.00000612. The predicted molar refractivity (Wildman–Crippen MR) is 267 cm³/mol. The topological polar surface area (TPSA) is 42.3 Å². The Bertz CT molecular complexity index is 2950. The Morgan fingerprint density at radius 2 is 1.20 bits per heavy atom. The predicted octanol–water partition coefficient (Wildman–Crippen LogP) is 16.1. The van der Waals surface area contributed by atoms with Crippen LogP contribution in [0.4, 0.5) is 22.7 Å². The fourth-order valence-corrected chi connectivity index (χ4v) is 8.01. The first-order valence-electron chi connectivity index (χ1n) is 22.0. The number of aromatic nitrogens is 2. The fraction of sp³-hybridized carbons (Fsp3) is 0.276. The summed E-state index contributed by atoms with van der Waals surface area (Å²) >= 11 is 0. The summed E-state index contributed by atoms with van der Waals surface area (Å²) in [4.78, 5) is 6.84. The molecule has 0 fully saturated rings. The monoisotopic (exact) mass is 1020 g/mol. The molecule has 0 aliphatic heterocycles. The average molecular weight is 1030 g/mol. The van der Waals surface area contributed by atoms with E-state index in [4.69, 9.17) is 9.72 Å². The number of para-hydroxylation sites is 1. The van der Waals surface area contributed by atoms with Crippen LogP contribution in [0.5, 0.6) is 11.5 Å². The zero-order valence-electron chi connectivity index (χ0n) is 39.5. The molecule has 2 heterocycles. The van der Waals surface area contributed by atoms with E-state index >= 15 is 0 Å². The number of nitrogens with one attached hydrogen (secondary N) is 1. The van der Waals surface area contributed by atoms with Gasteiger partial charge in [0.25, 0.3) is 0 Å². The molecule has 0 bridgehead atoms. The normalized spacial score (nSPS) is 12.3. The van der Waals surface area contributed by atoms with Crippen LogP contribution >= 0.6 is 0 Å². The Kier molecular flexibility index (Phi) is 12.6. The molecular formula is C58H61N4OPt-3. The summed E-state index contributed by atoms with van der Waals surface area (Å²) in [7, 11) is 4.69. The van der Waals surface area contributed by atoms with E-state index in [2.05, 4.69) is 233 Å². The van der Waals surface area contributed by atoms with Gasteiger partial charge in [-0.05, 0) is 97.3 Å². The average Bonchev–Trinajstić information content (AvgIpc) is 3.56. The van der Waals surface area contributed by atoms with Crippen molar-refractivity contribution in [1.29, 1.82) is 0 Å². The molecule has 64 heavy (non-hydrogen) atoms. The number of benzene rings is 6. The van der Waals surface area contributed by atoms with Gasteiger partial charge in [-0.3, -0.25) is 7.05 Å². The molecule has 0 saturated carbocycles. The number of hydrogen-bond donors (Lipinski definition) is 1. The van der Waals surface area contributed by atoms with Gasteiger partial charge in [0.2, 0.25) is 0 Å². The molecule has 8 aromatic rings. The molecule has 5 nitrogen and oxygen atoms in total. The Labute approximate surface area is 396 Å². The van der Waals surface area contributed by atoms with Crippen LogP contribution in [0.1, 0.15) is 105 Å². The maximum Gasteiger partial charge on any atom is 0.135 e. The first kappa shape index (κ1) is 46.4. The van der Waals surface area contributed by atoms with Crippen molar-refractivity contribution in [1.82, 2.24) is 9.55 Å². The van der Waals surface area contributed by atoms with Crippen molar-refractivity contribution in [3.63, 3.8) is 0 Å².